The number of fused-ring (bicyclic) bond motifs is 5. The second-order valence-corrected chi connectivity index (χ2v) is 19.7. The third-order valence-corrected chi connectivity index (χ3v) is 13.0. The van der Waals surface area contributed by atoms with Gasteiger partial charge < -0.3 is 18.5 Å². The van der Waals surface area contributed by atoms with Gasteiger partial charge in [-0.05, 0) is 91.4 Å². The van der Waals surface area contributed by atoms with E-state index in [0.717, 1.165) is 49.7 Å². The molecule has 12 aromatic rings. The summed E-state index contributed by atoms with van der Waals surface area (Å²) in [4.78, 5) is 9.62. The molecule has 0 N–H and O–H groups in total. The number of pyridine rings is 2. The van der Waals surface area contributed by atoms with Crippen molar-refractivity contribution in [1.29, 1.82) is 0 Å². The molecule has 7 heteroatoms. The van der Waals surface area contributed by atoms with Gasteiger partial charge in [0.2, 0.25) is 0 Å². The van der Waals surface area contributed by atoms with E-state index >= 15 is 0 Å². The van der Waals surface area contributed by atoms with E-state index < -0.39 is 47.1 Å². The van der Waals surface area contributed by atoms with Gasteiger partial charge in [-0.25, -0.2) is 11.1 Å². The number of para-hydroxylation sites is 3. The van der Waals surface area contributed by atoms with Gasteiger partial charge in [-0.3, -0.25) is 4.57 Å². The summed E-state index contributed by atoms with van der Waals surface area (Å²) in [7, 11) is 0. The summed E-state index contributed by atoms with van der Waals surface area (Å²) in [5.74, 6) is 0.732. The van der Waals surface area contributed by atoms with Crippen LogP contribution in [0.25, 0.3) is 94.4 Å². The van der Waals surface area contributed by atoms with Crippen LogP contribution in [0.1, 0.15) is 77.6 Å². The summed E-state index contributed by atoms with van der Waals surface area (Å²) in [6.45, 7) is 12.2. The Labute approximate surface area is 443 Å². The maximum absolute atomic E-state index is 9.46. The van der Waals surface area contributed by atoms with Crippen molar-refractivity contribution < 1.29 is 43.8 Å². The zero-order valence-corrected chi connectivity index (χ0v) is 42.1. The van der Waals surface area contributed by atoms with Gasteiger partial charge in [-0.15, -0.1) is 5.39 Å². The average molecular weight is 1110 g/mol. The first-order valence-electron chi connectivity index (χ1n) is 28.2. The molecule has 350 valence electrons. The molecule has 0 bridgehead atoms. The van der Waals surface area contributed by atoms with E-state index in [0.29, 0.717) is 62.4 Å². The fourth-order valence-electron chi connectivity index (χ4n) is 9.34. The number of benzene rings is 7. The van der Waals surface area contributed by atoms with E-state index in [-0.39, 0.29) is 56.4 Å². The van der Waals surface area contributed by atoms with E-state index in [1.807, 2.05) is 136 Å². The van der Waals surface area contributed by atoms with Gasteiger partial charge in [0, 0.05) is 32.0 Å². The molecule has 6 nitrogen and oxygen atoms in total. The Hall–Kier alpha value is -7.66. The molecule has 12 rings (SSSR count). The maximum atomic E-state index is 9.46. The Kier molecular flexibility index (Phi) is 8.95. The molecule has 0 aliphatic heterocycles. The van der Waals surface area contributed by atoms with Crippen LogP contribution in [0.3, 0.4) is 0 Å². The summed E-state index contributed by atoms with van der Waals surface area (Å²) in [5, 5.41) is 3.02. The third-order valence-electron chi connectivity index (χ3n) is 13.0. The molecule has 0 atom stereocenters. The van der Waals surface area contributed by atoms with Crippen molar-refractivity contribution in [2.24, 2.45) is 0 Å². The summed E-state index contributed by atoms with van der Waals surface area (Å²) in [6, 6.07) is 38.3. The Morgan fingerprint density at radius 3 is 2.07 bits per heavy atom. The molecule has 71 heavy (non-hydrogen) atoms. The van der Waals surface area contributed by atoms with Crippen molar-refractivity contribution in [3.05, 3.63) is 229 Å². The first-order chi connectivity index (χ1) is 38.1. The Morgan fingerprint density at radius 1 is 0.634 bits per heavy atom. The van der Waals surface area contributed by atoms with Gasteiger partial charge >= 0.3 is 0 Å². The molecule has 0 aliphatic rings. The van der Waals surface area contributed by atoms with Gasteiger partial charge in [-0.2, -0.15) is 29.8 Å². The predicted octanol–water partition coefficient (Wildman–Crippen LogP) is 15.1. The van der Waals surface area contributed by atoms with Crippen molar-refractivity contribution in [1.82, 2.24) is 19.1 Å². The first-order valence-corrected chi connectivity index (χ1v) is 23.2. The minimum absolute atomic E-state index is 0. The largest absolute Gasteiger partial charge is 0.463 e. The quantitative estimate of drug-likeness (QED) is 0.113. The number of hydrogen-bond acceptors (Lipinski definition) is 3. The normalized spacial score (nSPS) is 14.0. The molecule has 5 aromatic heterocycles. The molecule has 7 aromatic carbocycles. The van der Waals surface area contributed by atoms with Gasteiger partial charge in [-0.1, -0.05) is 192 Å². The molecule has 0 amide bonds. The van der Waals surface area contributed by atoms with E-state index in [2.05, 4.69) is 47.3 Å². The zero-order chi connectivity index (χ0) is 56.4. The third kappa shape index (κ3) is 8.40. The monoisotopic (exact) mass is 1110 g/mol. The van der Waals surface area contributed by atoms with Crippen molar-refractivity contribution in [3.8, 4) is 50.6 Å². The second kappa shape index (κ2) is 17.9. The van der Waals surface area contributed by atoms with Gasteiger partial charge in [0.25, 0.3) is 6.33 Å². The van der Waals surface area contributed by atoms with E-state index in [9.17, 15) is 2.74 Å². The summed E-state index contributed by atoms with van der Waals surface area (Å²) < 4.78 is 101. The topological polar surface area (TPSA) is 52.7 Å². The molecule has 0 fully saturated rings. The zero-order valence-electron chi connectivity index (χ0n) is 49.8. The van der Waals surface area contributed by atoms with Crippen LogP contribution in [0.5, 0.6) is 0 Å². The molecular weight excluding hydrogens is 1050 g/mol. The minimum atomic E-state index is -0.554. The van der Waals surface area contributed by atoms with Crippen LogP contribution >= 0.6 is 0 Å². The Bertz CT molecular complexity index is 4510. The van der Waals surface area contributed by atoms with E-state index in [1.165, 1.54) is 0 Å². The first kappa shape index (κ1) is 35.4. The molecular formula is C64H51N5OPt-2. The molecule has 0 radical (unpaired) electrons. The average Bonchev–Trinajstić information content (AvgIpc) is 4.34. The maximum Gasteiger partial charge on any atom is 0.267 e. The Morgan fingerprint density at radius 2 is 1.31 bits per heavy atom. The molecule has 0 aliphatic carbocycles. The number of rotatable bonds is 8. The van der Waals surface area contributed by atoms with Crippen molar-refractivity contribution in [2.75, 3.05) is 0 Å². The Balaban J connectivity index is 0.00000690. The number of imidazole rings is 1. The van der Waals surface area contributed by atoms with Crippen molar-refractivity contribution >= 4 is 43.8 Å². The summed E-state index contributed by atoms with van der Waals surface area (Å²) >= 11 is 0. The van der Waals surface area contributed by atoms with Gasteiger partial charge in [0.15, 0.2) is 5.58 Å². The van der Waals surface area contributed by atoms with Crippen LogP contribution in [0.2, 0.25) is 0 Å². The van der Waals surface area contributed by atoms with E-state index in [4.69, 9.17) is 25.4 Å². The minimum Gasteiger partial charge on any atom is -0.463 e. The van der Waals surface area contributed by atoms with Gasteiger partial charge in [0.05, 0.1) is 42.9 Å². The van der Waals surface area contributed by atoms with Crippen molar-refractivity contribution in [2.45, 2.75) is 58.8 Å². The van der Waals surface area contributed by atoms with Crippen LogP contribution < -0.4 is 4.57 Å². The molecule has 0 saturated carbocycles. The molecule has 0 unspecified atom stereocenters. The van der Waals surface area contributed by atoms with Gasteiger partial charge in [0.1, 0.15) is 5.82 Å². The van der Waals surface area contributed by atoms with Crippen LogP contribution in [-0.2, 0) is 38.3 Å². The van der Waals surface area contributed by atoms with Crippen LogP contribution in [0, 0.1) is 18.5 Å². The predicted molar refractivity (Wildman–Crippen MR) is 284 cm³/mol. The van der Waals surface area contributed by atoms with Crippen LogP contribution in [-0.4, -0.2) is 19.1 Å². The smallest absolute Gasteiger partial charge is 0.267 e. The molecule has 0 spiro atoms. The number of hydrogen-bond donors (Lipinski definition) is 0. The fourth-order valence-corrected chi connectivity index (χ4v) is 9.34. The van der Waals surface area contributed by atoms with Crippen LogP contribution in [0.15, 0.2) is 193 Å². The number of furan rings is 1. The van der Waals surface area contributed by atoms with Crippen molar-refractivity contribution in [3.63, 3.8) is 0 Å². The van der Waals surface area contributed by atoms with E-state index in [1.54, 1.807) is 18.7 Å². The number of nitrogens with zero attached hydrogens (tertiary/aromatic N) is 5. The van der Waals surface area contributed by atoms with Crippen LogP contribution in [0.4, 0.5) is 0 Å². The molecule has 5 heterocycles. The number of aromatic nitrogens is 5. The summed E-state index contributed by atoms with van der Waals surface area (Å²) in [6.07, 6.45) is 9.13. The fraction of sp³-hybridized carbons (Fsp3) is 0.141. The summed E-state index contributed by atoms with van der Waals surface area (Å²) in [5.41, 5.74) is 8.87. The second-order valence-electron chi connectivity index (χ2n) is 19.7. The SMILES string of the molecule is [2H]c1c([2H])c([2H])c(-c2cc(-c3cc(C(C)(C)C)cc(-c4c([2H])c([2H])c([2H])c([2H])c4[2H])c3-[n+]3[c-]n(-c4[c-]c(Cc5[c-]c6c(cc5)c5ccccc5n6-c5cc6ccoc6cn5)ncc4)c4ccccc43)cc(C(C)(C)C)c2)c([2H])c1[2H].[Pt]. The molecule has 0 saturated heterocycles. The standard InChI is InChI=1S/C64H51N5O.Pt/c1-63(2,3)48-34-46(43-17-9-7-10-18-43)33-47(35-48)55-38-49(64(4,5)6)37-54(44-19-11-8-12-20-44)62(55)68-41-67(57-23-15-16-24-58(57)68)51-27-29-65-50(39-51)31-42-25-26-53-52-21-13-14-22-56(52)69(59(53)32-42)61-36-45-28-30-70-60(45)40-66-61;/h7-30,33-38,40H,31H2,1-6H3;/q-2;/i7D,8D,9D,10D,11D,12D,17D,18D,19D,20D;.